The topological polar surface area (TPSA) is 96.4 Å². The van der Waals surface area contributed by atoms with Gasteiger partial charge in [0, 0.05) is 26.7 Å². The minimum Gasteiger partial charge on any atom is -0.491 e. The number of nitrogens with zero attached hydrogens (tertiary/aromatic N) is 2. The molecule has 0 aromatic heterocycles. The molecule has 2 atom stereocenters. The number of ether oxygens (including phenoxy) is 1. The standard InChI is InChI=1S/C24H30Cl2N2O6S/c1-27(24(30)14-17-3-8-21(25)22(26)13-17)23(18-4-6-19(7-5-18)33-12-11-29)16-28-10-9-20(15-28)34-35(2,31)32/h3-8,13,20,23,29H,9-12,14-16H2,1-2H3/t20-,23-/m1/s1. The molecule has 0 radical (unpaired) electrons. The molecule has 0 spiro atoms. The number of halogens is 2. The Morgan fingerprint density at radius 3 is 2.54 bits per heavy atom. The lowest BCUT2D eigenvalue weighted by Crippen LogP contribution is -2.39. The minimum absolute atomic E-state index is 0.0813. The van der Waals surface area contributed by atoms with Crippen LogP contribution < -0.4 is 4.74 Å². The zero-order valence-corrected chi connectivity index (χ0v) is 22.0. The minimum atomic E-state index is -3.54. The zero-order chi connectivity index (χ0) is 25.6. The number of carbonyl (C=O) groups is 1. The maximum atomic E-state index is 13.2. The van der Waals surface area contributed by atoms with Crippen molar-refractivity contribution < 1.29 is 27.2 Å². The highest BCUT2D eigenvalue weighted by molar-refractivity contribution is 7.86. The van der Waals surface area contributed by atoms with Crippen molar-refractivity contribution in [2.24, 2.45) is 0 Å². The monoisotopic (exact) mass is 544 g/mol. The SMILES string of the molecule is CN(C(=O)Cc1ccc(Cl)c(Cl)c1)[C@H](CN1CC[C@@H](OS(C)(=O)=O)C1)c1ccc(OCCO)cc1. The van der Waals surface area contributed by atoms with Gasteiger partial charge in [-0.1, -0.05) is 41.4 Å². The van der Waals surface area contributed by atoms with Crippen molar-refractivity contribution in [3.8, 4) is 5.75 Å². The molecular formula is C24H30Cl2N2O6S. The van der Waals surface area contributed by atoms with Gasteiger partial charge in [0.05, 0.1) is 41.5 Å². The molecule has 1 fully saturated rings. The van der Waals surface area contributed by atoms with Gasteiger partial charge in [-0.2, -0.15) is 8.42 Å². The Balaban J connectivity index is 1.77. The van der Waals surface area contributed by atoms with E-state index in [9.17, 15) is 13.2 Å². The van der Waals surface area contributed by atoms with Crippen molar-refractivity contribution in [3.05, 3.63) is 63.6 Å². The van der Waals surface area contributed by atoms with Crippen LogP contribution in [0.1, 0.15) is 23.6 Å². The number of likely N-dealkylation sites (N-methyl/N-ethyl adjacent to an activating group) is 1. The first kappa shape index (κ1) is 27.7. The molecule has 35 heavy (non-hydrogen) atoms. The Bertz CT molecular complexity index is 1110. The molecule has 0 aliphatic carbocycles. The van der Waals surface area contributed by atoms with Crippen LogP contribution in [-0.2, 0) is 25.5 Å². The molecular weight excluding hydrogens is 515 g/mol. The molecule has 2 aromatic rings. The smallest absolute Gasteiger partial charge is 0.264 e. The normalized spacial score (nSPS) is 17.3. The molecule has 192 valence electrons. The third kappa shape index (κ3) is 8.34. The second-order valence-electron chi connectivity index (χ2n) is 8.56. The van der Waals surface area contributed by atoms with E-state index in [4.69, 9.17) is 37.2 Å². The summed E-state index contributed by atoms with van der Waals surface area (Å²) in [5.74, 6) is 0.520. The number of hydrogen-bond donors (Lipinski definition) is 1. The van der Waals surface area contributed by atoms with Gasteiger partial charge in [-0.3, -0.25) is 13.9 Å². The highest BCUT2D eigenvalue weighted by Gasteiger charge is 2.31. The van der Waals surface area contributed by atoms with Gasteiger partial charge in [-0.25, -0.2) is 0 Å². The lowest BCUT2D eigenvalue weighted by molar-refractivity contribution is -0.131. The highest BCUT2D eigenvalue weighted by atomic mass is 35.5. The Kier molecular flexibility index (Phi) is 9.80. The molecule has 0 saturated carbocycles. The van der Waals surface area contributed by atoms with Gasteiger partial charge in [-0.05, 0) is 41.8 Å². The number of amides is 1. The summed E-state index contributed by atoms with van der Waals surface area (Å²) >= 11 is 12.1. The van der Waals surface area contributed by atoms with Crippen LogP contribution in [0, 0.1) is 0 Å². The third-order valence-electron chi connectivity index (χ3n) is 5.80. The summed E-state index contributed by atoms with van der Waals surface area (Å²) in [4.78, 5) is 17.0. The molecule has 8 nitrogen and oxygen atoms in total. The first-order valence-electron chi connectivity index (χ1n) is 11.2. The summed E-state index contributed by atoms with van der Waals surface area (Å²) < 4.78 is 33.7. The molecule has 1 aliphatic heterocycles. The van der Waals surface area contributed by atoms with E-state index in [2.05, 4.69) is 4.90 Å². The van der Waals surface area contributed by atoms with Crippen LogP contribution in [0.25, 0.3) is 0 Å². The summed E-state index contributed by atoms with van der Waals surface area (Å²) in [6, 6.07) is 12.2. The number of benzene rings is 2. The largest absolute Gasteiger partial charge is 0.491 e. The van der Waals surface area contributed by atoms with Crippen LogP contribution in [0.2, 0.25) is 10.0 Å². The predicted octanol–water partition coefficient (Wildman–Crippen LogP) is 3.16. The zero-order valence-electron chi connectivity index (χ0n) is 19.7. The van der Waals surface area contributed by atoms with Crippen molar-refractivity contribution in [2.45, 2.75) is 25.0 Å². The van der Waals surface area contributed by atoms with E-state index >= 15 is 0 Å². The molecule has 1 amide bonds. The van der Waals surface area contributed by atoms with Crippen LogP contribution >= 0.6 is 23.2 Å². The number of hydrogen-bond acceptors (Lipinski definition) is 7. The van der Waals surface area contributed by atoms with E-state index in [0.29, 0.717) is 41.8 Å². The first-order chi connectivity index (χ1) is 16.6. The average molecular weight is 545 g/mol. The summed E-state index contributed by atoms with van der Waals surface area (Å²) in [6.07, 6.45) is 1.39. The van der Waals surface area contributed by atoms with Gasteiger partial charge in [0.25, 0.3) is 10.1 Å². The Morgan fingerprint density at radius 2 is 1.91 bits per heavy atom. The first-order valence-corrected chi connectivity index (χ1v) is 13.8. The molecule has 1 aliphatic rings. The van der Waals surface area contributed by atoms with Gasteiger partial charge >= 0.3 is 0 Å². The molecule has 0 unspecified atom stereocenters. The number of rotatable bonds is 11. The van der Waals surface area contributed by atoms with Crippen molar-refractivity contribution in [1.29, 1.82) is 0 Å². The van der Waals surface area contributed by atoms with Gasteiger partial charge in [0.2, 0.25) is 5.91 Å². The Morgan fingerprint density at radius 1 is 1.20 bits per heavy atom. The van der Waals surface area contributed by atoms with Gasteiger partial charge in [0.1, 0.15) is 12.4 Å². The molecule has 1 N–H and O–H groups in total. The third-order valence-corrected chi connectivity index (χ3v) is 7.16. The van der Waals surface area contributed by atoms with Crippen molar-refractivity contribution in [2.75, 3.05) is 46.2 Å². The van der Waals surface area contributed by atoms with Crippen LogP contribution in [0.4, 0.5) is 0 Å². The van der Waals surface area contributed by atoms with Crippen LogP contribution in [0.5, 0.6) is 5.75 Å². The molecule has 0 bridgehead atoms. The summed E-state index contributed by atoms with van der Waals surface area (Å²) in [5.41, 5.74) is 1.66. The van der Waals surface area contributed by atoms with Crippen LogP contribution in [-0.4, -0.2) is 81.5 Å². The van der Waals surface area contributed by atoms with Crippen molar-refractivity contribution >= 4 is 39.2 Å². The molecule has 1 heterocycles. The lowest BCUT2D eigenvalue weighted by Gasteiger charge is -2.32. The lowest BCUT2D eigenvalue weighted by atomic mass is 10.0. The summed E-state index contributed by atoms with van der Waals surface area (Å²) in [6.45, 7) is 1.73. The average Bonchev–Trinajstić information content (AvgIpc) is 3.23. The van der Waals surface area contributed by atoms with Gasteiger partial charge < -0.3 is 14.7 Å². The number of carbonyl (C=O) groups excluding carboxylic acids is 1. The van der Waals surface area contributed by atoms with E-state index in [1.54, 1.807) is 42.3 Å². The Hall–Kier alpha value is -1.88. The van der Waals surface area contributed by atoms with E-state index in [-0.39, 0.29) is 31.6 Å². The predicted molar refractivity (Wildman–Crippen MR) is 135 cm³/mol. The second kappa shape index (κ2) is 12.4. The molecule has 2 aromatic carbocycles. The van der Waals surface area contributed by atoms with Crippen molar-refractivity contribution in [1.82, 2.24) is 9.80 Å². The number of aliphatic hydroxyl groups excluding tert-OH is 1. The molecule has 3 rings (SSSR count). The number of aliphatic hydroxyl groups is 1. The molecule has 11 heteroatoms. The maximum Gasteiger partial charge on any atom is 0.264 e. The Labute approximate surface area is 216 Å². The van der Waals surface area contributed by atoms with Gasteiger partial charge in [0.15, 0.2) is 0 Å². The van der Waals surface area contributed by atoms with Crippen LogP contribution in [0.3, 0.4) is 0 Å². The fourth-order valence-corrected chi connectivity index (χ4v) is 5.03. The summed E-state index contributed by atoms with van der Waals surface area (Å²) in [7, 11) is -1.79. The van der Waals surface area contributed by atoms with E-state index < -0.39 is 16.2 Å². The quantitative estimate of drug-likeness (QED) is 0.434. The fourth-order valence-electron chi connectivity index (χ4n) is 4.06. The number of likely N-dealkylation sites (tertiary alicyclic amines) is 1. The van der Waals surface area contributed by atoms with E-state index in [1.807, 2.05) is 12.1 Å². The second-order valence-corrected chi connectivity index (χ2v) is 11.0. The van der Waals surface area contributed by atoms with Crippen molar-refractivity contribution in [3.63, 3.8) is 0 Å². The van der Waals surface area contributed by atoms with Crippen LogP contribution in [0.15, 0.2) is 42.5 Å². The summed E-state index contributed by atoms with van der Waals surface area (Å²) in [5, 5.41) is 9.79. The van der Waals surface area contributed by atoms with E-state index in [0.717, 1.165) is 17.4 Å². The van der Waals surface area contributed by atoms with Gasteiger partial charge in [-0.15, -0.1) is 0 Å². The molecule has 1 saturated heterocycles. The highest BCUT2D eigenvalue weighted by Crippen LogP contribution is 2.28. The van der Waals surface area contributed by atoms with E-state index in [1.165, 1.54) is 0 Å². The maximum absolute atomic E-state index is 13.2. The fraction of sp³-hybridized carbons (Fsp3) is 0.458.